The predicted octanol–water partition coefficient (Wildman–Crippen LogP) is 2.93. The van der Waals surface area contributed by atoms with Crippen molar-refractivity contribution in [1.29, 1.82) is 0 Å². The van der Waals surface area contributed by atoms with Gasteiger partial charge in [0.1, 0.15) is 5.60 Å². The third-order valence-electron chi connectivity index (χ3n) is 2.77. The summed E-state index contributed by atoms with van der Waals surface area (Å²) in [6.07, 6.45) is 0. The van der Waals surface area contributed by atoms with E-state index in [-0.39, 0.29) is 0 Å². The van der Waals surface area contributed by atoms with Crippen molar-refractivity contribution in [2.75, 3.05) is 5.43 Å². The average molecular weight is 280 g/mol. The summed E-state index contributed by atoms with van der Waals surface area (Å²) in [4.78, 5) is 0. The Kier molecular flexibility index (Phi) is 4.99. The van der Waals surface area contributed by atoms with Gasteiger partial charge in [-0.1, -0.05) is 42.2 Å². The van der Waals surface area contributed by atoms with E-state index in [2.05, 4.69) is 22.7 Å². The van der Waals surface area contributed by atoms with Crippen molar-refractivity contribution in [2.45, 2.75) is 26.0 Å². The largest absolute Gasteiger partial charge is 0.378 e. The van der Waals surface area contributed by atoms with Gasteiger partial charge in [0.25, 0.3) is 0 Å². The lowest BCUT2D eigenvalue weighted by molar-refractivity contribution is 0.143. The molecule has 0 aromatic heterocycles. The summed E-state index contributed by atoms with van der Waals surface area (Å²) in [5.41, 5.74) is 8.44. The van der Waals surface area contributed by atoms with Crippen LogP contribution in [0, 0.1) is 11.8 Å². The Morgan fingerprint density at radius 1 is 1.00 bits per heavy atom. The number of hydrogen-bond acceptors (Lipinski definition) is 3. The molecule has 2 aromatic carbocycles. The van der Waals surface area contributed by atoms with Crippen LogP contribution in [0.2, 0.25) is 0 Å². The first-order valence-electron chi connectivity index (χ1n) is 6.91. The smallest absolute Gasteiger partial charge is 0.120 e. The monoisotopic (exact) mass is 280 g/mol. The highest BCUT2D eigenvalue weighted by Crippen LogP contribution is 2.06. The highest BCUT2D eigenvalue weighted by molar-refractivity contribution is 5.41. The van der Waals surface area contributed by atoms with Crippen molar-refractivity contribution in [3.63, 3.8) is 0 Å². The van der Waals surface area contributed by atoms with Crippen LogP contribution in [0.3, 0.4) is 0 Å². The number of aliphatic hydroxyl groups is 1. The van der Waals surface area contributed by atoms with Gasteiger partial charge in [0.15, 0.2) is 0 Å². The molecule has 0 bridgehead atoms. The van der Waals surface area contributed by atoms with Crippen LogP contribution < -0.4 is 10.9 Å². The molecular weight excluding hydrogens is 260 g/mol. The third kappa shape index (κ3) is 5.70. The predicted molar refractivity (Wildman–Crippen MR) is 86.5 cm³/mol. The van der Waals surface area contributed by atoms with Gasteiger partial charge in [0.05, 0.1) is 0 Å². The van der Waals surface area contributed by atoms with Gasteiger partial charge in [-0.2, -0.15) is 0 Å². The van der Waals surface area contributed by atoms with Gasteiger partial charge in [0.2, 0.25) is 0 Å². The van der Waals surface area contributed by atoms with Gasteiger partial charge in [-0.25, -0.2) is 5.43 Å². The van der Waals surface area contributed by atoms with Gasteiger partial charge in [-0.05, 0) is 43.7 Å². The van der Waals surface area contributed by atoms with Gasteiger partial charge >= 0.3 is 0 Å². The molecule has 0 saturated carbocycles. The molecule has 3 nitrogen and oxygen atoms in total. The lowest BCUT2D eigenvalue weighted by atomic mass is 10.1. The van der Waals surface area contributed by atoms with E-state index in [0.717, 1.165) is 16.8 Å². The number of rotatable bonds is 4. The minimum absolute atomic E-state index is 0.716. The first kappa shape index (κ1) is 15.1. The zero-order valence-corrected chi connectivity index (χ0v) is 12.4. The Bertz CT molecular complexity index is 616. The van der Waals surface area contributed by atoms with Gasteiger partial charge in [0, 0.05) is 17.8 Å². The second-order valence-corrected chi connectivity index (χ2v) is 5.35. The standard InChI is InChI=1S/C18H20N2O/c1-18(2,21)13-12-15-8-10-16(11-9-15)14-19-20-17-6-4-3-5-7-17/h3-11,19-21H,14H2,1-2H3. The summed E-state index contributed by atoms with van der Waals surface area (Å²) in [6.45, 7) is 4.06. The van der Waals surface area contributed by atoms with Gasteiger partial charge < -0.3 is 10.5 Å². The molecule has 21 heavy (non-hydrogen) atoms. The molecule has 0 aliphatic carbocycles. The highest BCUT2D eigenvalue weighted by atomic mass is 16.3. The van der Waals surface area contributed by atoms with E-state index in [9.17, 15) is 5.11 Å². The summed E-state index contributed by atoms with van der Waals surface area (Å²) in [5, 5.41) is 9.57. The molecule has 3 N–H and O–H groups in total. The summed E-state index contributed by atoms with van der Waals surface area (Å²) in [7, 11) is 0. The average Bonchev–Trinajstić information content (AvgIpc) is 2.47. The van der Waals surface area contributed by atoms with Gasteiger partial charge in [-0.15, -0.1) is 0 Å². The molecule has 0 aliphatic rings. The van der Waals surface area contributed by atoms with Crippen molar-refractivity contribution in [3.05, 3.63) is 65.7 Å². The van der Waals surface area contributed by atoms with E-state index in [4.69, 9.17) is 0 Å². The first-order chi connectivity index (χ1) is 10.0. The fraction of sp³-hybridized carbons (Fsp3) is 0.222. The van der Waals surface area contributed by atoms with Gasteiger partial charge in [-0.3, -0.25) is 0 Å². The molecular formula is C18H20N2O. The molecule has 0 spiro atoms. The van der Waals surface area contributed by atoms with Crippen LogP contribution in [0.1, 0.15) is 25.0 Å². The molecule has 0 amide bonds. The van der Waals surface area contributed by atoms with E-state index in [1.54, 1.807) is 13.8 Å². The van der Waals surface area contributed by atoms with Crippen molar-refractivity contribution in [2.24, 2.45) is 0 Å². The number of hydrazine groups is 1. The molecule has 2 aromatic rings. The maximum Gasteiger partial charge on any atom is 0.120 e. The van der Waals surface area contributed by atoms with Crippen molar-refractivity contribution in [1.82, 2.24) is 5.43 Å². The second-order valence-electron chi connectivity index (χ2n) is 5.35. The molecule has 0 fully saturated rings. The molecule has 0 saturated heterocycles. The molecule has 0 radical (unpaired) electrons. The Morgan fingerprint density at radius 3 is 2.29 bits per heavy atom. The Morgan fingerprint density at radius 2 is 1.67 bits per heavy atom. The molecule has 0 unspecified atom stereocenters. The number of anilines is 1. The first-order valence-corrected chi connectivity index (χ1v) is 6.91. The fourth-order valence-corrected chi connectivity index (χ4v) is 1.70. The quantitative estimate of drug-likeness (QED) is 0.596. The SMILES string of the molecule is CC(C)(O)C#Cc1ccc(CNNc2ccccc2)cc1. The van der Waals surface area contributed by atoms with Crippen LogP contribution in [0.5, 0.6) is 0 Å². The zero-order valence-electron chi connectivity index (χ0n) is 12.4. The number of hydrogen-bond donors (Lipinski definition) is 3. The summed E-state index contributed by atoms with van der Waals surface area (Å²) in [6, 6.07) is 17.9. The summed E-state index contributed by atoms with van der Waals surface area (Å²) in [5.74, 6) is 5.76. The minimum Gasteiger partial charge on any atom is -0.378 e. The summed E-state index contributed by atoms with van der Waals surface area (Å²) < 4.78 is 0. The molecule has 0 heterocycles. The van der Waals surface area contributed by atoms with Crippen molar-refractivity contribution >= 4 is 5.69 Å². The van der Waals surface area contributed by atoms with Crippen molar-refractivity contribution in [3.8, 4) is 11.8 Å². The fourth-order valence-electron chi connectivity index (χ4n) is 1.70. The number of para-hydroxylation sites is 1. The topological polar surface area (TPSA) is 44.3 Å². The lowest BCUT2D eigenvalue weighted by Crippen LogP contribution is -2.20. The number of benzene rings is 2. The molecule has 0 atom stereocenters. The van der Waals surface area contributed by atoms with Crippen LogP contribution in [0.4, 0.5) is 5.69 Å². The normalized spacial score (nSPS) is 10.6. The van der Waals surface area contributed by atoms with Crippen molar-refractivity contribution < 1.29 is 5.11 Å². The van der Waals surface area contributed by atoms with Crippen LogP contribution >= 0.6 is 0 Å². The molecule has 2 rings (SSSR count). The van der Waals surface area contributed by atoms with E-state index >= 15 is 0 Å². The Balaban J connectivity index is 1.86. The maximum absolute atomic E-state index is 9.57. The highest BCUT2D eigenvalue weighted by Gasteiger charge is 2.05. The minimum atomic E-state index is -0.959. The van der Waals surface area contributed by atoms with E-state index in [0.29, 0.717) is 6.54 Å². The van der Waals surface area contributed by atoms with Crippen LogP contribution in [-0.4, -0.2) is 10.7 Å². The van der Waals surface area contributed by atoms with E-state index in [1.165, 1.54) is 0 Å². The van der Waals surface area contributed by atoms with Crippen LogP contribution in [-0.2, 0) is 6.54 Å². The third-order valence-corrected chi connectivity index (χ3v) is 2.77. The van der Waals surface area contributed by atoms with Crippen LogP contribution in [0.25, 0.3) is 0 Å². The maximum atomic E-state index is 9.57. The Labute approximate surface area is 126 Å². The lowest BCUT2D eigenvalue weighted by Gasteiger charge is -2.08. The summed E-state index contributed by atoms with van der Waals surface area (Å²) >= 11 is 0. The molecule has 0 aliphatic heterocycles. The number of nitrogens with one attached hydrogen (secondary N) is 2. The second kappa shape index (κ2) is 6.94. The molecule has 3 heteroatoms. The molecule has 108 valence electrons. The van der Waals surface area contributed by atoms with E-state index < -0.39 is 5.60 Å². The Hall–Kier alpha value is -2.28. The van der Waals surface area contributed by atoms with E-state index in [1.807, 2.05) is 54.6 Å². The van der Waals surface area contributed by atoms with Crippen LogP contribution in [0.15, 0.2) is 54.6 Å². The zero-order chi connectivity index (χ0) is 15.1.